The third kappa shape index (κ3) is 4.09. The van der Waals surface area contributed by atoms with Crippen molar-refractivity contribution in [2.24, 2.45) is 5.73 Å². The van der Waals surface area contributed by atoms with Gasteiger partial charge in [0.05, 0.1) is 11.6 Å². The average Bonchev–Trinajstić information content (AvgIpc) is 2.45. The van der Waals surface area contributed by atoms with Gasteiger partial charge in [0.25, 0.3) is 0 Å². The van der Waals surface area contributed by atoms with Crippen LogP contribution in [0.5, 0.6) is 0 Å². The van der Waals surface area contributed by atoms with Crippen molar-refractivity contribution in [2.45, 2.75) is 10.8 Å². The Hall–Kier alpha value is -1.83. The second-order valence-electron chi connectivity index (χ2n) is 3.76. The molecular formula is C15H13FN2S. The molecule has 1 heterocycles. The van der Waals surface area contributed by atoms with Crippen LogP contribution in [-0.4, -0.2) is 11.5 Å². The third-order valence-electron chi connectivity index (χ3n) is 2.41. The first kappa shape index (κ1) is 13.6. The Bertz CT molecular complexity index is 603. The molecule has 2 aromatic rings. The highest BCUT2D eigenvalue weighted by atomic mass is 32.2. The van der Waals surface area contributed by atoms with Gasteiger partial charge in [-0.05, 0) is 29.8 Å². The lowest BCUT2D eigenvalue weighted by atomic mass is 10.1. The number of nitrogens with zero attached hydrogens (tertiary/aromatic N) is 1. The smallest absolute Gasteiger partial charge is 0.124 e. The highest BCUT2D eigenvalue weighted by Crippen LogP contribution is 2.22. The van der Waals surface area contributed by atoms with Crippen LogP contribution in [0, 0.1) is 17.7 Å². The van der Waals surface area contributed by atoms with E-state index in [-0.39, 0.29) is 12.4 Å². The van der Waals surface area contributed by atoms with Crippen LogP contribution in [0.4, 0.5) is 4.39 Å². The SMILES string of the molecule is NCC#Cc1cc(F)ccc1CSc1ccccn1. The van der Waals surface area contributed by atoms with Crippen LogP contribution in [0.1, 0.15) is 11.1 Å². The zero-order valence-corrected chi connectivity index (χ0v) is 11.1. The Morgan fingerprint density at radius 2 is 2.16 bits per heavy atom. The Morgan fingerprint density at radius 3 is 2.89 bits per heavy atom. The number of rotatable bonds is 3. The minimum Gasteiger partial charge on any atom is -0.320 e. The van der Waals surface area contributed by atoms with E-state index in [1.54, 1.807) is 24.0 Å². The summed E-state index contributed by atoms with van der Waals surface area (Å²) in [5.41, 5.74) is 7.02. The molecule has 0 aliphatic carbocycles. The molecule has 1 aromatic heterocycles. The molecule has 2 N–H and O–H groups in total. The van der Waals surface area contributed by atoms with E-state index in [4.69, 9.17) is 5.73 Å². The number of aromatic nitrogens is 1. The monoisotopic (exact) mass is 272 g/mol. The molecular weight excluding hydrogens is 259 g/mol. The molecule has 1 aromatic carbocycles. The van der Waals surface area contributed by atoms with Crippen LogP contribution in [0.25, 0.3) is 0 Å². The van der Waals surface area contributed by atoms with Crippen molar-refractivity contribution in [1.82, 2.24) is 4.98 Å². The number of pyridine rings is 1. The summed E-state index contributed by atoms with van der Waals surface area (Å²) in [5.74, 6) is 6.07. The standard InChI is InChI=1S/C15H13FN2S/c16-14-7-6-13(12(10-14)4-3-8-17)11-19-15-5-1-2-9-18-15/h1-2,5-7,9-10H,8,11,17H2. The van der Waals surface area contributed by atoms with Gasteiger partial charge in [-0.2, -0.15) is 0 Å². The maximum absolute atomic E-state index is 13.2. The van der Waals surface area contributed by atoms with Gasteiger partial charge < -0.3 is 5.73 Å². The summed E-state index contributed by atoms with van der Waals surface area (Å²) in [6, 6.07) is 10.4. The van der Waals surface area contributed by atoms with Crippen LogP contribution in [0.15, 0.2) is 47.6 Å². The first-order valence-corrected chi connectivity index (χ1v) is 6.79. The Balaban J connectivity index is 2.15. The number of nitrogens with two attached hydrogens (primary N) is 1. The number of halogens is 1. The first-order valence-electron chi connectivity index (χ1n) is 5.81. The second kappa shape index (κ2) is 6.93. The lowest BCUT2D eigenvalue weighted by Gasteiger charge is -2.04. The Labute approximate surface area is 116 Å². The third-order valence-corrected chi connectivity index (χ3v) is 3.40. The van der Waals surface area contributed by atoms with Gasteiger partial charge in [-0.3, -0.25) is 0 Å². The molecule has 0 atom stereocenters. The maximum Gasteiger partial charge on any atom is 0.124 e. The van der Waals surface area contributed by atoms with Crippen LogP contribution in [0.3, 0.4) is 0 Å². The molecule has 0 unspecified atom stereocenters. The minimum absolute atomic E-state index is 0.267. The van der Waals surface area contributed by atoms with Crippen molar-refractivity contribution >= 4 is 11.8 Å². The van der Waals surface area contributed by atoms with E-state index in [0.29, 0.717) is 11.3 Å². The van der Waals surface area contributed by atoms with Gasteiger partial charge in [0.15, 0.2) is 0 Å². The highest BCUT2D eigenvalue weighted by molar-refractivity contribution is 7.98. The summed E-state index contributed by atoms with van der Waals surface area (Å²) < 4.78 is 13.2. The fraction of sp³-hybridized carbons (Fsp3) is 0.133. The number of thioether (sulfide) groups is 1. The Kier molecular flexibility index (Phi) is 4.96. The van der Waals surface area contributed by atoms with Gasteiger partial charge in [-0.15, -0.1) is 11.8 Å². The van der Waals surface area contributed by atoms with E-state index in [0.717, 1.165) is 10.6 Å². The molecule has 0 bridgehead atoms. The summed E-state index contributed by atoms with van der Waals surface area (Å²) in [7, 11) is 0. The normalized spacial score (nSPS) is 9.79. The van der Waals surface area contributed by atoms with Crippen molar-refractivity contribution in [3.05, 3.63) is 59.5 Å². The predicted molar refractivity (Wildman–Crippen MR) is 76.1 cm³/mol. The quantitative estimate of drug-likeness (QED) is 0.690. The Morgan fingerprint density at radius 1 is 1.26 bits per heavy atom. The second-order valence-corrected chi connectivity index (χ2v) is 4.76. The summed E-state index contributed by atoms with van der Waals surface area (Å²) >= 11 is 1.59. The molecule has 96 valence electrons. The lowest BCUT2D eigenvalue weighted by Crippen LogP contribution is -1.95. The van der Waals surface area contributed by atoms with Crippen molar-refractivity contribution < 1.29 is 4.39 Å². The summed E-state index contributed by atoms with van der Waals surface area (Å²) in [5, 5.41) is 0.935. The fourth-order valence-electron chi connectivity index (χ4n) is 1.52. The molecule has 0 fully saturated rings. The molecule has 4 heteroatoms. The average molecular weight is 272 g/mol. The minimum atomic E-state index is -0.284. The van der Waals surface area contributed by atoms with Gasteiger partial charge >= 0.3 is 0 Å². The van der Waals surface area contributed by atoms with E-state index in [1.165, 1.54) is 12.1 Å². The number of hydrogen-bond donors (Lipinski definition) is 1. The lowest BCUT2D eigenvalue weighted by molar-refractivity contribution is 0.627. The topological polar surface area (TPSA) is 38.9 Å². The van der Waals surface area contributed by atoms with E-state index in [2.05, 4.69) is 16.8 Å². The molecule has 19 heavy (non-hydrogen) atoms. The summed E-state index contributed by atoms with van der Waals surface area (Å²) in [6.07, 6.45) is 1.75. The van der Waals surface area contributed by atoms with Crippen LogP contribution in [0.2, 0.25) is 0 Å². The molecule has 2 nitrogen and oxygen atoms in total. The van der Waals surface area contributed by atoms with Gasteiger partial charge in [0, 0.05) is 17.5 Å². The van der Waals surface area contributed by atoms with Gasteiger partial charge in [0.1, 0.15) is 5.82 Å². The molecule has 0 saturated carbocycles. The molecule has 0 radical (unpaired) electrons. The van der Waals surface area contributed by atoms with Crippen molar-refractivity contribution in [2.75, 3.05) is 6.54 Å². The summed E-state index contributed by atoms with van der Waals surface area (Å²) in [6.45, 7) is 0.267. The van der Waals surface area contributed by atoms with Gasteiger partial charge in [0.2, 0.25) is 0 Å². The van der Waals surface area contributed by atoms with Crippen molar-refractivity contribution in [3.8, 4) is 11.8 Å². The largest absolute Gasteiger partial charge is 0.320 e. The van der Waals surface area contributed by atoms with E-state index in [1.807, 2.05) is 18.2 Å². The van der Waals surface area contributed by atoms with Crippen LogP contribution < -0.4 is 5.73 Å². The van der Waals surface area contributed by atoms with Gasteiger partial charge in [-0.1, -0.05) is 24.0 Å². The molecule has 0 saturated heterocycles. The fourth-order valence-corrected chi connectivity index (χ4v) is 2.39. The molecule has 0 aliphatic heterocycles. The van der Waals surface area contributed by atoms with Crippen molar-refractivity contribution in [3.63, 3.8) is 0 Å². The van der Waals surface area contributed by atoms with Crippen LogP contribution >= 0.6 is 11.8 Å². The number of hydrogen-bond acceptors (Lipinski definition) is 3. The van der Waals surface area contributed by atoms with E-state index >= 15 is 0 Å². The van der Waals surface area contributed by atoms with E-state index < -0.39 is 0 Å². The molecule has 0 amide bonds. The van der Waals surface area contributed by atoms with Crippen molar-refractivity contribution in [1.29, 1.82) is 0 Å². The zero-order chi connectivity index (χ0) is 13.5. The highest BCUT2D eigenvalue weighted by Gasteiger charge is 2.03. The maximum atomic E-state index is 13.2. The predicted octanol–water partition coefficient (Wildman–Crippen LogP) is 2.82. The van der Waals surface area contributed by atoms with E-state index in [9.17, 15) is 4.39 Å². The first-order chi connectivity index (χ1) is 9.29. The molecule has 2 rings (SSSR count). The van der Waals surface area contributed by atoms with Crippen LogP contribution in [-0.2, 0) is 5.75 Å². The van der Waals surface area contributed by atoms with Gasteiger partial charge in [-0.25, -0.2) is 9.37 Å². The summed E-state index contributed by atoms with van der Waals surface area (Å²) in [4.78, 5) is 4.24. The zero-order valence-electron chi connectivity index (χ0n) is 10.3. The number of benzene rings is 1. The molecule has 0 aliphatic rings. The molecule has 0 spiro atoms.